The Balaban J connectivity index is 1.49. The lowest BCUT2D eigenvalue weighted by molar-refractivity contribution is -0.144. The van der Waals surface area contributed by atoms with Gasteiger partial charge in [-0.15, -0.1) is 0 Å². The summed E-state index contributed by atoms with van der Waals surface area (Å²) in [4.78, 5) is 37.8. The van der Waals surface area contributed by atoms with Crippen molar-refractivity contribution in [3.63, 3.8) is 0 Å². The third-order valence-corrected chi connectivity index (χ3v) is 6.42. The fraction of sp³-hybridized carbons (Fsp3) is 0.667. The summed E-state index contributed by atoms with van der Waals surface area (Å²) in [5.41, 5.74) is 0. The van der Waals surface area contributed by atoms with Crippen molar-refractivity contribution in [1.82, 2.24) is 14.9 Å². The van der Waals surface area contributed by atoms with Crippen molar-refractivity contribution in [2.24, 2.45) is 23.7 Å². The predicted molar refractivity (Wildman–Crippen MR) is 84.9 cm³/mol. The maximum atomic E-state index is 12.4. The maximum absolute atomic E-state index is 12.4. The van der Waals surface area contributed by atoms with Gasteiger partial charge in [-0.2, -0.15) is 0 Å². The molecule has 1 aliphatic heterocycles. The zero-order valence-electron chi connectivity index (χ0n) is 13.4. The number of likely N-dealkylation sites (tertiary alicyclic amines) is 1. The first-order chi connectivity index (χ1) is 11.3. The Hall–Kier alpha value is -1.74. The monoisotopic (exact) mass is 355 g/mol. The summed E-state index contributed by atoms with van der Waals surface area (Å²) < 4.78 is 24.9. The number of carbonyl (C=O) groups excluding carboxylic acids is 3. The normalized spacial score (nSPS) is 31.0. The molecular weight excluding hydrogens is 334 g/mol. The molecule has 2 aliphatic carbocycles. The lowest BCUT2D eigenvalue weighted by Gasteiger charge is -2.16. The SMILES string of the molecule is CCS(=O)(=O)NCCNC(=O)CN1C(=O)C2C3C=CC(C3)C2C1=O. The summed E-state index contributed by atoms with van der Waals surface area (Å²) in [6, 6.07) is 0. The molecular formula is C15H21N3O5S. The fourth-order valence-corrected chi connectivity index (χ4v) is 4.45. The Morgan fingerprint density at radius 2 is 1.75 bits per heavy atom. The lowest BCUT2D eigenvalue weighted by atomic mass is 9.85. The topological polar surface area (TPSA) is 113 Å². The maximum Gasteiger partial charge on any atom is 0.240 e. The molecule has 3 amide bonds. The van der Waals surface area contributed by atoms with Crippen LogP contribution in [-0.4, -0.2) is 56.4 Å². The highest BCUT2D eigenvalue weighted by atomic mass is 32.2. The molecule has 0 aromatic rings. The van der Waals surface area contributed by atoms with Crippen LogP contribution in [0.25, 0.3) is 0 Å². The van der Waals surface area contributed by atoms with E-state index >= 15 is 0 Å². The van der Waals surface area contributed by atoms with E-state index in [-0.39, 0.29) is 60.9 Å². The molecule has 0 aromatic heterocycles. The van der Waals surface area contributed by atoms with Gasteiger partial charge >= 0.3 is 0 Å². The summed E-state index contributed by atoms with van der Waals surface area (Å²) >= 11 is 0. The van der Waals surface area contributed by atoms with E-state index in [1.165, 1.54) is 6.92 Å². The van der Waals surface area contributed by atoms with Crippen LogP contribution in [0.15, 0.2) is 12.2 Å². The number of hydrogen-bond acceptors (Lipinski definition) is 5. The van der Waals surface area contributed by atoms with Crippen LogP contribution in [-0.2, 0) is 24.4 Å². The molecule has 24 heavy (non-hydrogen) atoms. The van der Waals surface area contributed by atoms with Crippen molar-refractivity contribution in [2.45, 2.75) is 13.3 Å². The smallest absolute Gasteiger partial charge is 0.240 e. The van der Waals surface area contributed by atoms with Crippen LogP contribution in [0, 0.1) is 23.7 Å². The van der Waals surface area contributed by atoms with Gasteiger partial charge in [0.1, 0.15) is 6.54 Å². The van der Waals surface area contributed by atoms with Crippen LogP contribution >= 0.6 is 0 Å². The first-order valence-corrected chi connectivity index (χ1v) is 9.77. The minimum Gasteiger partial charge on any atom is -0.353 e. The Labute approximate surface area is 140 Å². The first-order valence-electron chi connectivity index (χ1n) is 8.11. The van der Waals surface area contributed by atoms with Gasteiger partial charge in [-0.05, 0) is 25.2 Å². The molecule has 8 nitrogen and oxygen atoms in total. The highest BCUT2D eigenvalue weighted by Crippen LogP contribution is 2.52. The minimum atomic E-state index is -3.30. The van der Waals surface area contributed by atoms with E-state index in [9.17, 15) is 22.8 Å². The number of hydrogen-bond donors (Lipinski definition) is 2. The van der Waals surface area contributed by atoms with Gasteiger partial charge in [0.15, 0.2) is 0 Å². The molecule has 9 heteroatoms. The summed E-state index contributed by atoms with van der Waals surface area (Å²) in [6.07, 6.45) is 4.85. The van der Waals surface area contributed by atoms with E-state index in [4.69, 9.17) is 0 Å². The molecule has 3 aliphatic rings. The van der Waals surface area contributed by atoms with Crippen LogP contribution in [0.2, 0.25) is 0 Å². The molecule has 2 bridgehead atoms. The number of imide groups is 1. The van der Waals surface area contributed by atoms with E-state index in [1.54, 1.807) is 0 Å². The molecule has 0 radical (unpaired) electrons. The number of carbonyl (C=O) groups is 3. The number of sulfonamides is 1. The van der Waals surface area contributed by atoms with Gasteiger partial charge < -0.3 is 5.32 Å². The van der Waals surface area contributed by atoms with E-state index in [0.29, 0.717) is 0 Å². The lowest BCUT2D eigenvalue weighted by Crippen LogP contribution is -2.43. The van der Waals surface area contributed by atoms with E-state index in [0.717, 1.165) is 11.3 Å². The Bertz CT molecular complexity index is 672. The van der Waals surface area contributed by atoms with E-state index in [2.05, 4.69) is 10.0 Å². The summed E-state index contributed by atoms with van der Waals surface area (Å²) in [5.74, 6) is -1.40. The number of amides is 3. The average molecular weight is 355 g/mol. The molecule has 1 saturated heterocycles. The highest BCUT2D eigenvalue weighted by Gasteiger charge is 2.59. The minimum absolute atomic E-state index is 0.0309. The molecule has 4 unspecified atom stereocenters. The van der Waals surface area contributed by atoms with Crippen LogP contribution in [0.4, 0.5) is 0 Å². The van der Waals surface area contributed by atoms with Gasteiger partial charge in [0.2, 0.25) is 27.7 Å². The number of rotatable bonds is 7. The largest absolute Gasteiger partial charge is 0.353 e. The second-order valence-corrected chi connectivity index (χ2v) is 8.51. The fourth-order valence-electron chi connectivity index (χ4n) is 3.83. The summed E-state index contributed by atoms with van der Waals surface area (Å²) in [7, 11) is -3.30. The summed E-state index contributed by atoms with van der Waals surface area (Å²) in [5, 5.41) is 2.52. The second-order valence-electron chi connectivity index (χ2n) is 6.41. The molecule has 0 spiro atoms. The van der Waals surface area contributed by atoms with Crippen LogP contribution in [0.3, 0.4) is 0 Å². The Morgan fingerprint density at radius 1 is 1.17 bits per heavy atom. The molecule has 2 fully saturated rings. The van der Waals surface area contributed by atoms with Gasteiger partial charge in [-0.3, -0.25) is 19.3 Å². The van der Waals surface area contributed by atoms with Gasteiger partial charge in [-0.25, -0.2) is 13.1 Å². The van der Waals surface area contributed by atoms with Gasteiger partial charge in [0.25, 0.3) is 0 Å². The van der Waals surface area contributed by atoms with Crippen molar-refractivity contribution in [3.8, 4) is 0 Å². The highest BCUT2D eigenvalue weighted by molar-refractivity contribution is 7.89. The standard InChI is InChI=1S/C15H21N3O5S/c1-2-24(22,23)17-6-5-16-11(19)8-18-14(20)12-9-3-4-10(7-9)13(12)15(18)21/h3-4,9-10,12-13,17H,2,5-8H2,1H3,(H,16,19). The van der Waals surface area contributed by atoms with Crippen molar-refractivity contribution in [2.75, 3.05) is 25.4 Å². The quantitative estimate of drug-likeness (QED) is 0.340. The van der Waals surface area contributed by atoms with Gasteiger partial charge in [0, 0.05) is 13.1 Å². The molecule has 132 valence electrons. The first kappa shape index (κ1) is 17.1. The molecule has 0 aromatic carbocycles. The third-order valence-electron chi connectivity index (χ3n) is 5.01. The predicted octanol–water partition coefficient (Wildman–Crippen LogP) is -1.15. The van der Waals surface area contributed by atoms with Crippen LogP contribution in [0.1, 0.15) is 13.3 Å². The van der Waals surface area contributed by atoms with Crippen molar-refractivity contribution < 1.29 is 22.8 Å². The van der Waals surface area contributed by atoms with E-state index in [1.807, 2.05) is 12.2 Å². The zero-order valence-corrected chi connectivity index (χ0v) is 14.2. The third kappa shape index (κ3) is 2.98. The Morgan fingerprint density at radius 3 is 2.29 bits per heavy atom. The second kappa shape index (κ2) is 6.29. The number of nitrogens with one attached hydrogen (secondary N) is 2. The number of nitrogens with zero attached hydrogens (tertiary/aromatic N) is 1. The van der Waals surface area contributed by atoms with Crippen molar-refractivity contribution >= 4 is 27.7 Å². The average Bonchev–Trinajstić information content (AvgIpc) is 3.21. The van der Waals surface area contributed by atoms with E-state index < -0.39 is 15.9 Å². The number of fused-ring (bicyclic) bond motifs is 5. The van der Waals surface area contributed by atoms with Crippen molar-refractivity contribution in [1.29, 1.82) is 0 Å². The zero-order chi connectivity index (χ0) is 17.5. The summed E-state index contributed by atoms with van der Waals surface area (Å²) in [6.45, 7) is 1.39. The van der Waals surface area contributed by atoms with Crippen LogP contribution in [0.5, 0.6) is 0 Å². The molecule has 4 atom stereocenters. The molecule has 1 saturated carbocycles. The van der Waals surface area contributed by atoms with Gasteiger partial charge in [-0.1, -0.05) is 12.2 Å². The molecule has 1 heterocycles. The molecule has 2 N–H and O–H groups in total. The number of allylic oxidation sites excluding steroid dienone is 2. The molecule has 3 rings (SSSR count). The van der Waals surface area contributed by atoms with Gasteiger partial charge in [0.05, 0.1) is 17.6 Å². The van der Waals surface area contributed by atoms with Crippen LogP contribution < -0.4 is 10.0 Å². The van der Waals surface area contributed by atoms with Crippen molar-refractivity contribution in [3.05, 3.63) is 12.2 Å². The Kier molecular flexibility index (Phi) is 4.48.